The standard InChI is InChI=1S/C9H17NO/c1-8(2)6-4-5-7(11-6)9(8,3)10/h6-7H,4-5,10H2,1-3H3/t6-,7+,9+/m1/s1. The first-order valence-electron chi connectivity index (χ1n) is 4.40. The molecule has 0 amide bonds. The van der Waals surface area contributed by atoms with Crippen molar-refractivity contribution in [2.45, 2.75) is 51.4 Å². The van der Waals surface area contributed by atoms with Gasteiger partial charge in [-0.3, -0.25) is 0 Å². The third-order valence-corrected chi connectivity index (χ3v) is 3.88. The Balaban J connectivity index is 2.36. The van der Waals surface area contributed by atoms with E-state index >= 15 is 0 Å². The fraction of sp³-hybridized carbons (Fsp3) is 1.00. The number of rotatable bonds is 0. The topological polar surface area (TPSA) is 35.2 Å². The first kappa shape index (κ1) is 7.56. The molecule has 0 saturated carbocycles. The van der Waals surface area contributed by atoms with E-state index < -0.39 is 0 Å². The molecule has 0 unspecified atom stereocenters. The summed E-state index contributed by atoms with van der Waals surface area (Å²) < 4.78 is 5.78. The van der Waals surface area contributed by atoms with Gasteiger partial charge in [-0.1, -0.05) is 13.8 Å². The summed E-state index contributed by atoms with van der Waals surface area (Å²) in [5, 5.41) is 0. The van der Waals surface area contributed by atoms with Crippen LogP contribution in [0.2, 0.25) is 0 Å². The monoisotopic (exact) mass is 155 g/mol. The van der Waals surface area contributed by atoms with Crippen LogP contribution < -0.4 is 5.73 Å². The maximum absolute atomic E-state index is 6.22. The van der Waals surface area contributed by atoms with Crippen LogP contribution in [-0.4, -0.2) is 17.7 Å². The quantitative estimate of drug-likeness (QED) is 0.572. The number of ether oxygens (including phenoxy) is 1. The van der Waals surface area contributed by atoms with Crippen molar-refractivity contribution in [1.29, 1.82) is 0 Å². The van der Waals surface area contributed by atoms with E-state index in [9.17, 15) is 0 Å². The van der Waals surface area contributed by atoms with Crippen molar-refractivity contribution in [3.63, 3.8) is 0 Å². The van der Waals surface area contributed by atoms with Crippen LogP contribution >= 0.6 is 0 Å². The Kier molecular flexibility index (Phi) is 1.24. The molecule has 0 spiro atoms. The van der Waals surface area contributed by atoms with E-state index in [0.717, 1.165) is 6.42 Å². The molecule has 2 nitrogen and oxygen atoms in total. The average molecular weight is 155 g/mol. The van der Waals surface area contributed by atoms with Gasteiger partial charge in [-0.2, -0.15) is 0 Å². The van der Waals surface area contributed by atoms with Crippen LogP contribution in [0, 0.1) is 5.41 Å². The predicted octanol–water partition coefficient (Wildman–Crippen LogP) is 1.29. The van der Waals surface area contributed by atoms with E-state index in [1.165, 1.54) is 6.42 Å². The van der Waals surface area contributed by atoms with Crippen molar-refractivity contribution in [2.75, 3.05) is 0 Å². The highest BCUT2D eigenvalue weighted by Gasteiger charge is 2.59. The van der Waals surface area contributed by atoms with Crippen LogP contribution in [0.3, 0.4) is 0 Å². The van der Waals surface area contributed by atoms with Gasteiger partial charge in [-0.15, -0.1) is 0 Å². The van der Waals surface area contributed by atoms with Crippen LogP contribution in [0.15, 0.2) is 0 Å². The van der Waals surface area contributed by atoms with Gasteiger partial charge in [0.05, 0.1) is 12.2 Å². The Hall–Kier alpha value is -0.0800. The minimum absolute atomic E-state index is 0.115. The molecule has 2 N–H and O–H groups in total. The molecule has 2 heteroatoms. The molecule has 2 bridgehead atoms. The number of hydrogen-bond acceptors (Lipinski definition) is 2. The molecule has 0 aromatic heterocycles. The SMILES string of the molecule is CC1(C)[C@H]2CC[C@H](O2)[C@]1(C)N. The first-order chi connectivity index (χ1) is 4.96. The molecule has 2 rings (SSSR count). The third-order valence-electron chi connectivity index (χ3n) is 3.88. The van der Waals surface area contributed by atoms with Gasteiger partial charge >= 0.3 is 0 Å². The Morgan fingerprint density at radius 1 is 1.18 bits per heavy atom. The van der Waals surface area contributed by atoms with E-state index in [4.69, 9.17) is 10.5 Å². The second-order valence-corrected chi connectivity index (χ2v) is 4.70. The summed E-state index contributed by atoms with van der Waals surface area (Å²) >= 11 is 0. The van der Waals surface area contributed by atoms with Gasteiger partial charge in [0, 0.05) is 11.0 Å². The van der Waals surface area contributed by atoms with Gasteiger partial charge in [-0.05, 0) is 19.8 Å². The van der Waals surface area contributed by atoms with Crippen molar-refractivity contribution in [3.05, 3.63) is 0 Å². The average Bonchev–Trinajstić information content (AvgIpc) is 2.37. The lowest BCUT2D eigenvalue weighted by molar-refractivity contribution is 0.0736. The summed E-state index contributed by atoms with van der Waals surface area (Å²) in [7, 11) is 0. The minimum atomic E-state index is -0.115. The van der Waals surface area contributed by atoms with Gasteiger partial charge in [0.2, 0.25) is 0 Å². The highest BCUT2D eigenvalue weighted by atomic mass is 16.5. The summed E-state index contributed by atoms with van der Waals surface area (Å²) in [4.78, 5) is 0. The zero-order chi connectivity index (χ0) is 8.28. The van der Waals surface area contributed by atoms with Crippen LogP contribution in [0.4, 0.5) is 0 Å². The Labute approximate surface area is 68.1 Å². The van der Waals surface area contributed by atoms with Crippen LogP contribution in [0.5, 0.6) is 0 Å². The highest BCUT2D eigenvalue weighted by molar-refractivity contribution is 5.13. The number of fused-ring (bicyclic) bond motifs is 2. The summed E-state index contributed by atoms with van der Waals surface area (Å²) in [5.41, 5.74) is 6.26. The number of hydrogen-bond donors (Lipinski definition) is 1. The summed E-state index contributed by atoms with van der Waals surface area (Å²) in [6, 6.07) is 0. The molecule has 2 heterocycles. The minimum Gasteiger partial charge on any atom is -0.372 e. The Morgan fingerprint density at radius 3 is 2.00 bits per heavy atom. The van der Waals surface area contributed by atoms with Gasteiger partial charge in [-0.25, -0.2) is 0 Å². The molecule has 0 aliphatic carbocycles. The van der Waals surface area contributed by atoms with E-state index in [-0.39, 0.29) is 11.0 Å². The van der Waals surface area contributed by atoms with E-state index in [0.29, 0.717) is 12.2 Å². The molecule has 0 radical (unpaired) electrons. The first-order valence-corrected chi connectivity index (χ1v) is 4.40. The van der Waals surface area contributed by atoms with E-state index in [1.807, 2.05) is 0 Å². The normalized spacial score (nSPS) is 53.5. The molecule has 0 aromatic rings. The Bertz CT molecular complexity index is 166. The Morgan fingerprint density at radius 2 is 1.73 bits per heavy atom. The van der Waals surface area contributed by atoms with E-state index in [2.05, 4.69) is 20.8 Å². The molecule has 2 fully saturated rings. The van der Waals surface area contributed by atoms with Crippen LogP contribution in [0.25, 0.3) is 0 Å². The maximum atomic E-state index is 6.22. The molecule has 2 saturated heterocycles. The molecule has 11 heavy (non-hydrogen) atoms. The van der Waals surface area contributed by atoms with Gasteiger partial charge in [0.15, 0.2) is 0 Å². The second kappa shape index (κ2) is 1.80. The molecular weight excluding hydrogens is 138 g/mol. The van der Waals surface area contributed by atoms with Crippen molar-refractivity contribution < 1.29 is 4.74 Å². The largest absolute Gasteiger partial charge is 0.372 e. The van der Waals surface area contributed by atoms with E-state index in [1.54, 1.807) is 0 Å². The van der Waals surface area contributed by atoms with Gasteiger partial charge in [0.1, 0.15) is 0 Å². The molecule has 3 atom stereocenters. The van der Waals surface area contributed by atoms with Crippen LogP contribution in [-0.2, 0) is 4.74 Å². The zero-order valence-electron chi connectivity index (χ0n) is 7.55. The predicted molar refractivity (Wildman–Crippen MR) is 44.3 cm³/mol. The summed E-state index contributed by atoms with van der Waals surface area (Å²) in [5.74, 6) is 0. The molecule has 2 aliphatic heterocycles. The lowest BCUT2D eigenvalue weighted by Crippen LogP contribution is -2.57. The summed E-state index contributed by atoms with van der Waals surface area (Å²) in [6.45, 7) is 6.56. The summed E-state index contributed by atoms with van der Waals surface area (Å²) in [6.07, 6.45) is 3.07. The van der Waals surface area contributed by atoms with Gasteiger partial charge < -0.3 is 10.5 Å². The zero-order valence-corrected chi connectivity index (χ0v) is 7.55. The third kappa shape index (κ3) is 0.695. The molecule has 0 aromatic carbocycles. The van der Waals surface area contributed by atoms with Crippen molar-refractivity contribution >= 4 is 0 Å². The lowest BCUT2D eigenvalue weighted by atomic mass is 9.65. The van der Waals surface area contributed by atoms with Crippen LogP contribution in [0.1, 0.15) is 33.6 Å². The fourth-order valence-corrected chi connectivity index (χ4v) is 2.37. The van der Waals surface area contributed by atoms with Gasteiger partial charge in [0.25, 0.3) is 0 Å². The van der Waals surface area contributed by atoms with Crippen molar-refractivity contribution in [2.24, 2.45) is 11.1 Å². The highest BCUT2D eigenvalue weighted by Crippen LogP contribution is 2.52. The van der Waals surface area contributed by atoms with Crippen molar-refractivity contribution in [3.8, 4) is 0 Å². The smallest absolute Gasteiger partial charge is 0.0763 e. The maximum Gasteiger partial charge on any atom is 0.0763 e. The second-order valence-electron chi connectivity index (χ2n) is 4.70. The number of nitrogens with two attached hydrogens (primary N) is 1. The molecule has 64 valence electrons. The molecular formula is C9H17NO. The fourth-order valence-electron chi connectivity index (χ4n) is 2.37. The molecule has 2 aliphatic rings. The lowest BCUT2D eigenvalue weighted by Gasteiger charge is -2.41. The van der Waals surface area contributed by atoms with Crippen molar-refractivity contribution in [1.82, 2.24) is 0 Å².